The average molecular weight is 416 g/mol. The Kier molecular flexibility index (Phi) is 7.04. The quantitative estimate of drug-likeness (QED) is 0.538. The first-order valence-electron chi connectivity index (χ1n) is 8.94. The first-order chi connectivity index (χ1) is 14.5. The summed E-state index contributed by atoms with van der Waals surface area (Å²) in [5.74, 6) is -0.996. The molecule has 0 saturated heterocycles. The molecular weight excluding hydrogens is 398 g/mol. The Morgan fingerprint density at radius 1 is 1.07 bits per heavy atom. The van der Waals surface area contributed by atoms with Crippen LogP contribution in [0.1, 0.15) is 15.9 Å². The number of amides is 1. The summed E-state index contributed by atoms with van der Waals surface area (Å²) in [5.41, 5.74) is 1.87. The Morgan fingerprint density at radius 2 is 1.80 bits per heavy atom. The standard InChI is InChI=1S/C20H18F2N4O4/c21-20(22)30-17-7-1-14(2-8-17)9-10-24-18(27)11-29-19(28)15-3-5-16(6-4-15)26-13-23-12-25-26/h1-8,12-13,20H,9-11H2,(H,24,27). The average Bonchev–Trinajstić information content (AvgIpc) is 3.28. The molecule has 0 saturated carbocycles. The van der Waals surface area contributed by atoms with E-state index in [2.05, 4.69) is 20.1 Å². The number of aromatic nitrogens is 3. The van der Waals surface area contributed by atoms with Gasteiger partial charge in [0.25, 0.3) is 5.91 Å². The van der Waals surface area contributed by atoms with Gasteiger partial charge in [0.1, 0.15) is 18.4 Å². The van der Waals surface area contributed by atoms with Gasteiger partial charge >= 0.3 is 12.6 Å². The van der Waals surface area contributed by atoms with E-state index in [0.29, 0.717) is 18.5 Å². The molecule has 0 bridgehead atoms. The molecule has 1 aromatic heterocycles. The van der Waals surface area contributed by atoms with Crippen LogP contribution < -0.4 is 10.1 Å². The Hall–Kier alpha value is -3.82. The van der Waals surface area contributed by atoms with Gasteiger partial charge in [0.15, 0.2) is 6.61 Å². The van der Waals surface area contributed by atoms with Gasteiger partial charge < -0.3 is 14.8 Å². The number of rotatable bonds is 9. The fraction of sp³-hybridized carbons (Fsp3) is 0.200. The van der Waals surface area contributed by atoms with Crippen LogP contribution in [0.3, 0.4) is 0 Å². The number of halogens is 2. The van der Waals surface area contributed by atoms with Crippen molar-refractivity contribution < 1.29 is 27.8 Å². The van der Waals surface area contributed by atoms with Crippen molar-refractivity contribution >= 4 is 11.9 Å². The first-order valence-corrected chi connectivity index (χ1v) is 8.94. The molecule has 8 nitrogen and oxygen atoms in total. The van der Waals surface area contributed by atoms with Crippen LogP contribution in [0.5, 0.6) is 5.75 Å². The molecule has 1 heterocycles. The largest absolute Gasteiger partial charge is 0.452 e. The molecule has 30 heavy (non-hydrogen) atoms. The summed E-state index contributed by atoms with van der Waals surface area (Å²) >= 11 is 0. The molecule has 0 aliphatic heterocycles. The van der Waals surface area contributed by atoms with E-state index in [0.717, 1.165) is 11.3 Å². The number of benzene rings is 2. The van der Waals surface area contributed by atoms with Crippen molar-refractivity contribution in [3.05, 3.63) is 72.3 Å². The SMILES string of the molecule is O=C(COC(=O)c1ccc(-n2cncn2)cc1)NCCc1ccc(OC(F)F)cc1. The third-order valence-corrected chi connectivity index (χ3v) is 4.01. The van der Waals surface area contributed by atoms with E-state index in [1.807, 2.05) is 0 Å². The van der Waals surface area contributed by atoms with Gasteiger partial charge in [-0.25, -0.2) is 14.5 Å². The molecule has 0 aliphatic carbocycles. The molecule has 10 heteroatoms. The molecule has 1 N–H and O–H groups in total. The molecule has 3 aromatic rings. The summed E-state index contributed by atoms with van der Waals surface area (Å²) in [5, 5.41) is 6.61. The third kappa shape index (κ3) is 6.09. The number of esters is 1. The number of carbonyl (C=O) groups is 2. The molecule has 0 atom stereocenters. The van der Waals surface area contributed by atoms with E-state index in [-0.39, 0.29) is 5.75 Å². The molecule has 156 valence electrons. The second-order valence-electron chi connectivity index (χ2n) is 6.09. The van der Waals surface area contributed by atoms with E-state index in [1.165, 1.54) is 24.8 Å². The zero-order valence-corrected chi connectivity index (χ0v) is 15.7. The molecule has 3 rings (SSSR count). The van der Waals surface area contributed by atoms with Crippen molar-refractivity contribution in [2.24, 2.45) is 0 Å². The minimum absolute atomic E-state index is 0.0685. The Bertz CT molecular complexity index is 961. The predicted molar refractivity (Wildman–Crippen MR) is 101 cm³/mol. The summed E-state index contributed by atoms with van der Waals surface area (Å²) in [7, 11) is 0. The van der Waals surface area contributed by atoms with Crippen LogP contribution in [-0.2, 0) is 16.0 Å². The second-order valence-corrected chi connectivity index (χ2v) is 6.09. The number of nitrogens with zero attached hydrogens (tertiary/aromatic N) is 3. The normalized spacial score (nSPS) is 10.6. The fourth-order valence-electron chi connectivity index (χ4n) is 2.54. The zero-order chi connectivity index (χ0) is 21.3. The van der Waals surface area contributed by atoms with Crippen LogP contribution in [0.15, 0.2) is 61.2 Å². The predicted octanol–water partition coefficient (Wildman–Crippen LogP) is 2.38. The van der Waals surface area contributed by atoms with Crippen LogP contribution >= 0.6 is 0 Å². The minimum Gasteiger partial charge on any atom is -0.452 e. The van der Waals surface area contributed by atoms with Crippen molar-refractivity contribution in [3.8, 4) is 11.4 Å². The van der Waals surface area contributed by atoms with Gasteiger partial charge in [-0.05, 0) is 48.4 Å². The highest BCUT2D eigenvalue weighted by Crippen LogP contribution is 2.15. The van der Waals surface area contributed by atoms with Crippen molar-refractivity contribution in [2.45, 2.75) is 13.0 Å². The van der Waals surface area contributed by atoms with Gasteiger partial charge in [0, 0.05) is 6.54 Å². The van der Waals surface area contributed by atoms with Crippen LogP contribution in [0, 0.1) is 0 Å². The van der Waals surface area contributed by atoms with Gasteiger partial charge in [-0.15, -0.1) is 0 Å². The summed E-state index contributed by atoms with van der Waals surface area (Å²) < 4.78 is 35.0. The monoisotopic (exact) mass is 416 g/mol. The topological polar surface area (TPSA) is 95.3 Å². The van der Waals surface area contributed by atoms with Gasteiger partial charge in [0.05, 0.1) is 11.3 Å². The maximum Gasteiger partial charge on any atom is 0.387 e. The van der Waals surface area contributed by atoms with E-state index in [4.69, 9.17) is 4.74 Å². The maximum atomic E-state index is 12.1. The lowest BCUT2D eigenvalue weighted by atomic mass is 10.1. The molecule has 0 unspecified atom stereocenters. The molecule has 0 spiro atoms. The second kappa shape index (κ2) is 10.1. The van der Waals surface area contributed by atoms with Crippen LogP contribution in [0.4, 0.5) is 8.78 Å². The highest BCUT2D eigenvalue weighted by atomic mass is 19.3. The lowest BCUT2D eigenvalue weighted by molar-refractivity contribution is -0.124. The molecule has 0 aliphatic rings. The van der Waals surface area contributed by atoms with Gasteiger partial charge in [-0.3, -0.25) is 4.79 Å². The summed E-state index contributed by atoms with van der Waals surface area (Å²) in [6.45, 7) is -2.98. The molecule has 0 fully saturated rings. The number of hydrogen-bond acceptors (Lipinski definition) is 6. The molecule has 1 amide bonds. The minimum atomic E-state index is -2.87. The van der Waals surface area contributed by atoms with E-state index < -0.39 is 25.1 Å². The van der Waals surface area contributed by atoms with Gasteiger partial charge in [0.2, 0.25) is 0 Å². The third-order valence-electron chi connectivity index (χ3n) is 4.01. The Labute approximate surface area is 170 Å². The van der Waals surface area contributed by atoms with E-state index in [1.54, 1.807) is 41.1 Å². The number of hydrogen-bond donors (Lipinski definition) is 1. The van der Waals surface area contributed by atoms with Crippen molar-refractivity contribution in [1.82, 2.24) is 20.1 Å². The van der Waals surface area contributed by atoms with Crippen molar-refractivity contribution in [3.63, 3.8) is 0 Å². The van der Waals surface area contributed by atoms with Crippen LogP contribution in [-0.4, -0.2) is 46.4 Å². The Morgan fingerprint density at radius 3 is 2.43 bits per heavy atom. The number of carbonyl (C=O) groups excluding carboxylic acids is 2. The number of ether oxygens (including phenoxy) is 2. The fourth-order valence-corrected chi connectivity index (χ4v) is 2.54. The highest BCUT2D eigenvalue weighted by Gasteiger charge is 2.11. The molecule has 2 aromatic carbocycles. The van der Waals surface area contributed by atoms with E-state index >= 15 is 0 Å². The van der Waals surface area contributed by atoms with Gasteiger partial charge in [-0.1, -0.05) is 12.1 Å². The van der Waals surface area contributed by atoms with Crippen molar-refractivity contribution in [2.75, 3.05) is 13.2 Å². The van der Waals surface area contributed by atoms with Crippen molar-refractivity contribution in [1.29, 1.82) is 0 Å². The highest BCUT2D eigenvalue weighted by molar-refractivity contribution is 5.91. The molecule has 0 radical (unpaired) electrons. The first kappa shape index (κ1) is 20.9. The van der Waals surface area contributed by atoms with E-state index in [9.17, 15) is 18.4 Å². The molecular formula is C20H18F2N4O4. The Balaban J connectivity index is 1.38. The summed E-state index contributed by atoms with van der Waals surface area (Å²) in [6, 6.07) is 12.6. The smallest absolute Gasteiger partial charge is 0.387 e. The summed E-state index contributed by atoms with van der Waals surface area (Å²) in [6.07, 6.45) is 3.42. The maximum absolute atomic E-state index is 12.1. The van der Waals surface area contributed by atoms with Gasteiger partial charge in [-0.2, -0.15) is 13.9 Å². The summed E-state index contributed by atoms with van der Waals surface area (Å²) in [4.78, 5) is 27.7. The lowest BCUT2D eigenvalue weighted by Crippen LogP contribution is -2.30. The lowest BCUT2D eigenvalue weighted by Gasteiger charge is -2.08. The zero-order valence-electron chi connectivity index (χ0n) is 15.7. The van der Waals surface area contributed by atoms with Crippen LogP contribution in [0.25, 0.3) is 5.69 Å². The number of alkyl halides is 2. The van der Waals surface area contributed by atoms with Crippen LogP contribution in [0.2, 0.25) is 0 Å². The number of nitrogens with one attached hydrogen (secondary N) is 1.